The number of rotatable bonds is 16. The van der Waals surface area contributed by atoms with Crippen molar-refractivity contribution in [3.63, 3.8) is 0 Å². The van der Waals surface area contributed by atoms with Crippen molar-refractivity contribution in [2.45, 2.75) is 64.7 Å². The average Bonchev–Trinajstić information content (AvgIpc) is 2.65. The van der Waals surface area contributed by atoms with Crippen molar-refractivity contribution in [3.05, 3.63) is 48.6 Å². The number of nitrogens with one attached hydrogen (secondary N) is 2. The number of hydrogen-bond donors (Lipinski definition) is 3. The van der Waals surface area contributed by atoms with Gasteiger partial charge in [-0.05, 0) is 44.9 Å². The predicted molar refractivity (Wildman–Crippen MR) is 112 cm³/mol. The molecular formula is C22H38N2O2. The molecule has 26 heavy (non-hydrogen) atoms. The minimum Gasteiger partial charge on any atom is -0.395 e. The molecule has 0 bridgehead atoms. The van der Waals surface area contributed by atoms with E-state index in [0.29, 0.717) is 13.1 Å². The van der Waals surface area contributed by atoms with Gasteiger partial charge in [-0.3, -0.25) is 0 Å². The molecule has 0 aliphatic heterocycles. The second-order valence-corrected chi connectivity index (χ2v) is 6.14. The van der Waals surface area contributed by atoms with Crippen LogP contribution in [0.25, 0.3) is 0 Å². The Morgan fingerprint density at radius 1 is 0.731 bits per heavy atom. The zero-order valence-corrected chi connectivity index (χ0v) is 16.5. The van der Waals surface area contributed by atoms with Gasteiger partial charge in [-0.15, -0.1) is 0 Å². The molecular weight excluding hydrogens is 324 g/mol. The first-order valence-corrected chi connectivity index (χ1v) is 10.0. The molecule has 0 saturated heterocycles. The fourth-order valence-corrected chi connectivity index (χ4v) is 2.21. The summed E-state index contributed by atoms with van der Waals surface area (Å²) in [6.07, 6.45) is 27.7. The summed E-state index contributed by atoms with van der Waals surface area (Å²) in [5.41, 5.74) is 0. The third-order valence-corrected chi connectivity index (χ3v) is 3.69. The summed E-state index contributed by atoms with van der Waals surface area (Å²) in [4.78, 5) is 11.2. The number of unbranched alkanes of at least 4 members (excludes halogenated alkanes) is 4. The van der Waals surface area contributed by atoms with Crippen LogP contribution in [0.2, 0.25) is 0 Å². The van der Waals surface area contributed by atoms with Crippen LogP contribution in [-0.2, 0) is 0 Å². The van der Waals surface area contributed by atoms with Crippen molar-refractivity contribution in [1.29, 1.82) is 0 Å². The van der Waals surface area contributed by atoms with Crippen LogP contribution in [0.3, 0.4) is 0 Å². The van der Waals surface area contributed by atoms with Gasteiger partial charge in [0.2, 0.25) is 0 Å². The van der Waals surface area contributed by atoms with Crippen LogP contribution in [0.5, 0.6) is 0 Å². The SMILES string of the molecule is CCCCC/C=C\C/C=C\C/C=C\C/C=C\CCCNC(=O)NCCO. The molecule has 0 unspecified atom stereocenters. The van der Waals surface area contributed by atoms with Gasteiger partial charge < -0.3 is 15.7 Å². The molecule has 2 amide bonds. The molecule has 0 fully saturated rings. The zero-order chi connectivity index (χ0) is 19.1. The van der Waals surface area contributed by atoms with Crippen molar-refractivity contribution in [2.75, 3.05) is 19.7 Å². The van der Waals surface area contributed by atoms with E-state index in [-0.39, 0.29) is 12.6 Å². The Balaban J connectivity index is 3.42. The topological polar surface area (TPSA) is 61.4 Å². The summed E-state index contributed by atoms with van der Waals surface area (Å²) in [5.74, 6) is 0. The lowest BCUT2D eigenvalue weighted by Crippen LogP contribution is -2.37. The number of aliphatic hydroxyl groups is 1. The number of urea groups is 1. The number of aliphatic hydroxyl groups excluding tert-OH is 1. The third-order valence-electron chi connectivity index (χ3n) is 3.69. The molecule has 0 spiro atoms. The van der Waals surface area contributed by atoms with Gasteiger partial charge >= 0.3 is 6.03 Å². The minimum absolute atomic E-state index is 0.0321. The first kappa shape index (κ1) is 24.2. The third kappa shape index (κ3) is 20.2. The molecule has 0 aliphatic carbocycles. The van der Waals surface area contributed by atoms with Crippen LogP contribution in [0, 0.1) is 0 Å². The molecule has 148 valence electrons. The molecule has 0 rings (SSSR count). The fraction of sp³-hybridized carbons (Fsp3) is 0.591. The lowest BCUT2D eigenvalue weighted by Gasteiger charge is -2.04. The van der Waals surface area contributed by atoms with Gasteiger partial charge in [-0.1, -0.05) is 68.4 Å². The van der Waals surface area contributed by atoms with Gasteiger partial charge in [0.15, 0.2) is 0 Å². The smallest absolute Gasteiger partial charge is 0.314 e. The zero-order valence-electron chi connectivity index (χ0n) is 16.5. The maximum Gasteiger partial charge on any atom is 0.314 e. The molecule has 4 nitrogen and oxygen atoms in total. The Morgan fingerprint density at radius 2 is 1.23 bits per heavy atom. The van der Waals surface area contributed by atoms with E-state index < -0.39 is 0 Å². The highest BCUT2D eigenvalue weighted by atomic mass is 16.3. The van der Waals surface area contributed by atoms with Crippen LogP contribution < -0.4 is 10.6 Å². The highest BCUT2D eigenvalue weighted by molar-refractivity contribution is 5.73. The number of hydrogen-bond acceptors (Lipinski definition) is 2. The Kier molecular flexibility index (Phi) is 19.8. The first-order valence-electron chi connectivity index (χ1n) is 10.0. The summed E-state index contributed by atoms with van der Waals surface area (Å²) in [7, 11) is 0. The van der Waals surface area contributed by atoms with Crippen LogP contribution in [0.4, 0.5) is 4.79 Å². The quantitative estimate of drug-likeness (QED) is 0.266. The molecule has 0 radical (unpaired) electrons. The molecule has 0 heterocycles. The summed E-state index contributed by atoms with van der Waals surface area (Å²) < 4.78 is 0. The monoisotopic (exact) mass is 362 g/mol. The number of carbonyl (C=O) groups is 1. The van der Waals surface area contributed by atoms with E-state index in [1.54, 1.807) is 0 Å². The van der Waals surface area contributed by atoms with Gasteiger partial charge in [-0.2, -0.15) is 0 Å². The van der Waals surface area contributed by atoms with Crippen molar-refractivity contribution in [3.8, 4) is 0 Å². The largest absolute Gasteiger partial charge is 0.395 e. The van der Waals surface area contributed by atoms with E-state index in [0.717, 1.165) is 32.1 Å². The number of carbonyl (C=O) groups excluding carboxylic acids is 1. The van der Waals surface area contributed by atoms with Gasteiger partial charge in [0.05, 0.1) is 6.61 Å². The average molecular weight is 363 g/mol. The van der Waals surface area contributed by atoms with Crippen molar-refractivity contribution >= 4 is 6.03 Å². The second-order valence-electron chi connectivity index (χ2n) is 6.14. The van der Waals surface area contributed by atoms with Gasteiger partial charge in [0.25, 0.3) is 0 Å². The van der Waals surface area contributed by atoms with E-state index in [1.807, 2.05) is 0 Å². The van der Waals surface area contributed by atoms with E-state index >= 15 is 0 Å². The number of amides is 2. The maximum atomic E-state index is 11.2. The van der Waals surface area contributed by atoms with Crippen LogP contribution >= 0.6 is 0 Å². The lowest BCUT2D eigenvalue weighted by atomic mass is 10.2. The Hall–Kier alpha value is -1.81. The standard InChI is InChI=1S/C22H38N2O2/c1-2-3-4-5-6-7-8-9-10-11-12-13-14-15-16-17-18-19-23-22(26)24-20-21-25/h6-7,9-10,12-13,15-16,25H,2-5,8,11,14,17-21H2,1H3,(H2,23,24,26)/b7-6-,10-9-,13-12-,16-15-. The Labute approximate surface area is 160 Å². The molecule has 0 aromatic carbocycles. The van der Waals surface area contributed by atoms with Gasteiger partial charge in [0, 0.05) is 13.1 Å². The molecule has 3 N–H and O–H groups in total. The molecule has 0 aromatic rings. The molecule has 4 heteroatoms. The highest BCUT2D eigenvalue weighted by Gasteiger charge is 1.95. The van der Waals surface area contributed by atoms with Gasteiger partial charge in [0.1, 0.15) is 0 Å². The van der Waals surface area contributed by atoms with Crippen LogP contribution in [0.15, 0.2) is 48.6 Å². The van der Waals surface area contributed by atoms with E-state index in [9.17, 15) is 4.79 Å². The molecule has 0 aliphatic rings. The summed E-state index contributed by atoms with van der Waals surface area (Å²) >= 11 is 0. The van der Waals surface area contributed by atoms with Gasteiger partial charge in [-0.25, -0.2) is 4.79 Å². The van der Waals surface area contributed by atoms with Crippen molar-refractivity contribution in [1.82, 2.24) is 10.6 Å². The molecule has 0 atom stereocenters. The summed E-state index contributed by atoms with van der Waals surface area (Å²) in [6.45, 7) is 3.15. The Bertz CT molecular complexity index is 426. The molecule has 0 aromatic heterocycles. The van der Waals surface area contributed by atoms with E-state index in [2.05, 4.69) is 66.2 Å². The van der Waals surface area contributed by atoms with Crippen LogP contribution in [0.1, 0.15) is 64.7 Å². The van der Waals surface area contributed by atoms with E-state index in [1.165, 1.54) is 25.7 Å². The normalized spacial score (nSPS) is 12.1. The first-order chi connectivity index (χ1) is 12.8. The summed E-state index contributed by atoms with van der Waals surface area (Å²) in [6, 6.07) is -0.217. The highest BCUT2D eigenvalue weighted by Crippen LogP contribution is 2.01. The van der Waals surface area contributed by atoms with E-state index in [4.69, 9.17) is 5.11 Å². The Morgan fingerprint density at radius 3 is 1.77 bits per heavy atom. The van der Waals surface area contributed by atoms with Crippen LogP contribution in [-0.4, -0.2) is 30.8 Å². The van der Waals surface area contributed by atoms with Crippen molar-refractivity contribution in [2.24, 2.45) is 0 Å². The lowest BCUT2D eigenvalue weighted by molar-refractivity contribution is 0.234. The maximum absolute atomic E-state index is 11.2. The predicted octanol–water partition coefficient (Wildman–Crippen LogP) is 5.03. The second kappa shape index (κ2) is 21.2. The van der Waals surface area contributed by atoms with Crippen molar-refractivity contribution < 1.29 is 9.90 Å². The minimum atomic E-state index is -0.217. The molecule has 0 saturated carbocycles. The summed E-state index contributed by atoms with van der Waals surface area (Å²) in [5, 5.41) is 13.9. The number of allylic oxidation sites excluding steroid dienone is 8. The fourth-order valence-electron chi connectivity index (χ4n) is 2.21.